The Hall–Kier alpha value is -1.36. The van der Waals surface area contributed by atoms with Crippen molar-refractivity contribution < 1.29 is 14.0 Å². The normalized spacial score (nSPS) is 16.6. The number of carbonyl (C=O) groups excluding carboxylic acids is 1. The summed E-state index contributed by atoms with van der Waals surface area (Å²) in [5.74, 6) is 8.15. The number of ether oxygens (including phenoxy) is 1. The maximum atomic E-state index is 13.1. The summed E-state index contributed by atoms with van der Waals surface area (Å²) >= 11 is 0. The van der Waals surface area contributed by atoms with Gasteiger partial charge < -0.3 is 9.16 Å². The molecule has 0 bridgehead atoms. The van der Waals surface area contributed by atoms with E-state index in [1.807, 2.05) is 0 Å². The van der Waals surface area contributed by atoms with E-state index in [-0.39, 0.29) is 15.9 Å². The minimum Gasteiger partial charge on any atom is -0.493 e. The first kappa shape index (κ1) is 26.3. The van der Waals surface area contributed by atoms with Gasteiger partial charge >= 0.3 is 0 Å². The number of fused-ring (bicyclic) bond motifs is 2. The summed E-state index contributed by atoms with van der Waals surface area (Å²) in [6.45, 7) is 24.6. The maximum absolute atomic E-state index is 13.1. The summed E-state index contributed by atoms with van der Waals surface area (Å²) in [6, 6.07) is 0. The summed E-state index contributed by atoms with van der Waals surface area (Å²) < 4.78 is 12.7. The Labute approximate surface area is 204 Å². The molecule has 1 aliphatic heterocycles. The largest absolute Gasteiger partial charge is 0.493 e. The first-order chi connectivity index (χ1) is 15.1. The van der Waals surface area contributed by atoms with E-state index in [0.717, 1.165) is 42.7 Å². The number of hydrogen-bond donors (Lipinski definition) is 0. The topological polar surface area (TPSA) is 35.5 Å². The third kappa shape index (κ3) is 4.90. The zero-order valence-corrected chi connectivity index (χ0v) is 24.7. The van der Waals surface area contributed by atoms with Crippen LogP contribution in [0.25, 0.3) is 0 Å². The van der Waals surface area contributed by atoms with Crippen LogP contribution in [0.15, 0.2) is 0 Å². The molecule has 0 radical (unpaired) electrons. The molecule has 33 heavy (non-hydrogen) atoms. The number of hydrogen-bond acceptors (Lipinski definition) is 3. The molecular weight excluding hydrogens is 440 g/mol. The van der Waals surface area contributed by atoms with Gasteiger partial charge in [0.2, 0.25) is 0 Å². The highest BCUT2D eigenvalue weighted by molar-refractivity contribution is 6.93. The molecule has 1 heterocycles. The van der Waals surface area contributed by atoms with Crippen LogP contribution in [-0.4, -0.2) is 35.4 Å². The van der Waals surface area contributed by atoms with Crippen molar-refractivity contribution in [3.8, 4) is 17.6 Å². The molecule has 0 unspecified atom stereocenters. The van der Waals surface area contributed by atoms with Gasteiger partial charge in [-0.15, -0.1) is 0 Å². The zero-order chi connectivity index (χ0) is 24.8. The van der Waals surface area contributed by atoms with E-state index < -0.39 is 16.4 Å². The van der Waals surface area contributed by atoms with E-state index in [4.69, 9.17) is 9.16 Å². The molecule has 2 aliphatic rings. The standard InChI is InChI=1S/C28H44O3Si2/c1-27(2,3)32(7,8)26-22-16-17-23(29)24(22)20(21-15-13-18-30-25(21)26)14-11-12-19-31-33(9,10)28(4,5)6/h12-13,15-19H2,1-10H3. The zero-order valence-electron chi connectivity index (χ0n) is 22.7. The Balaban J connectivity index is 2.03. The van der Waals surface area contributed by atoms with Gasteiger partial charge in [-0.05, 0) is 53.2 Å². The molecule has 0 saturated heterocycles. The van der Waals surface area contributed by atoms with Gasteiger partial charge in [0.05, 0.1) is 14.7 Å². The van der Waals surface area contributed by atoms with Crippen LogP contribution in [0.4, 0.5) is 0 Å². The predicted octanol–water partition coefficient (Wildman–Crippen LogP) is 6.62. The molecule has 1 aromatic carbocycles. The van der Waals surface area contributed by atoms with Crippen molar-refractivity contribution in [2.45, 2.75) is 110 Å². The third-order valence-electron chi connectivity index (χ3n) is 8.56. The highest BCUT2D eigenvalue weighted by Crippen LogP contribution is 2.43. The number of ketones is 1. The Bertz CT molecular complexity index is 995. The minimum atomic E-state index is -1.89. The first-order valence-corrected chi connectivity index (χ1v) is 18.5. The molecule has 5 heteroatoms. The Morgan fingerprint density at radius 3 is 2.21 bits per heavy atom. The second kappa shape index (κ2) is 9.02. The average molecular weight is 485 g/mol. The van der Waals surface area contributed by atoms with Crippen molar-refractivity contribution in [2.24, 2.45) is 0 Å². The molecule has 0 spiro atoms. The highest BCUT2D eigenvalue weighted by Gasteiger charge is 2.45. The van der Waals surface area contributed by atoms with Crippen LogP contribution >= 0.6 is 0 Å². The van der Waals surface area contributed by atoms with Gasteiger partial charge in [0, 0.05) is 36.1 Å². The highest BCUT2D eigenvalue weighted by atomic mass is 28.4. The lowest BCUT2D eigenvalue weighted by Gasteiger charge is -2.41. The molecule has 3 rings (SSSR count). The molecule has 0 fully saturated rings. The van der Waals surface area contributed by atoms with Crippen LogP contribution in [0.5, 0.6) is 5.75 Å². The molecule has 1 aliphatic carbocycles. The van der Waals surface area contributed by atoms with Gasteiger partial charge in [-0.1, -0.05) is 66.5 Å². The van der Waals surface area contributed by atoms with Crippen LogP contribution in [0.1, 0.15) is 87.9 Å². The molecule has 1 aromatic rings. The lowest BCUT2D eigenvalue weighted by atomic mass is 9.92. The maximum Gasteiger partial charge on any atom is 0.192 e. The molecule has 3 nitrogen and oxygen atoms in total. The van der Waals surface area contributed by atoms with Gasteiger partial charge in [-0.25, -0.2) is 0 Å². The molecule has 0 saturated carbocycles. The fourth-order valence-corrected chi connectivity index (χ4v) is 8.06. The minimum absolute atomic E-state index is 0.176. The van der Waals surface area contributed by atoms with E-state index in [1.54, 1.807) is 0 Å². The summed E-state index contributed by atoms with van der Waals surface area (Å²) in [5.41, 5.74) is 4.30. The molecular formula is C28H44O3Si2. The lowest BCUT2D eigenvalue weighted by Crippen LogP contribution is -2.52. The quantitative estimate of drug-likeness (QED) is 0.274. The molecule has 0 N–H and O–H groups in total. The van der Waals surface area contributed by atoms with Crippen molar-refractivity contribution in [1.29, 1.82) is 0 Å². The summed E-state index contributed by atoms with van der Waals surface area (Å²) in [5, 5.41) is 1.76. The van der Waals surface area contributed by atoms with Gasteiger partial charge in [0.25, 0.3) is 0 Å². The van der Waals surface area contributed by atoms with Crippen LogP contribution in [0.2, 0.25) is 36.3 Å². The Kier molecular flexibility index (Phi) is 7.17. The van der Waals surface area contributed by atoms with Gasteiger partial charge in [0.15, 0.2) is 14.1 Å². The smallest absolute Gasteiger partial charge is 0.192 e. The number of benzene rings is 1. The van der Waals surface area contributed by atoms with Crippen LogP contribution in [-0.2, 0) is 17.3 Å². The van der Waals surface area contributed by atoms with Crippen molar-refractivity contribution in [3.05, 3.63) is 22.3 Å². The Morgan fingerprint density at radius 2 is 1.61 bits per heavy atom. The fourth-order valence-electron chi connectivity index (χ4n) is 4.47. The van der Waals surface area contributed by atoms with Crippen molar-refractivity contribution in [3.63, 3.8) is 0 Å². The van der Waals surface area contributed by atoms with Crippen molar-refractivity contribution in [1.82, 2.24) is 0 Å². The fraction of sp³-hybridized carbons (Fsp3) is 0.679. The Morgan fingerprint density at radius 1 is 0.939 bits per heavy atom. The number of carbonyl (C=O) groups is 1. The molecule has 0 aromatic heterocycles. The van der Waals surface area contributed by atoms with E-state index in [1.165, 1.54) is 16.3 Å². The van der Waals surface area contributed by atoms with E-state index >= 15 is 0 Å². The van der Waals surface area contributed by atoms with E-state index in [2.05, 4.69) is 79.6 Å². The molecule has 0 atom stereocenters. The summed E-state index contributed by atoms with van der Waals surface area (Å²) in [6.07, 6.45) is 4.05. The first-order valence-electron chi connectivity index (χ1n) is 12.6. The van der Waals surface area contributed by atoms with Crippen LogP contribution in [0, 0.1) is 11.8 Å². The van der Waals surface area contributed by atoms with E-state index in [0.29, 0.717) is 19.4 Å². The van der Waals surface area contributed by atoms with Crippen LogP contribution in [0.3, 0.4) is 0 Å². The average Bonchev–Trinajstić information content (AvgIpc) is 3.06. The molecule has 182 valence electrons. The molecule has 0 amide bonds. The number of Topliss-reactive ketones (excluding diaryl/α,β-unsaturated/α-hetero) is 1. The van der Waals surface area contributed by atoms with E-state index in [9.17, 15) is 4.79 Å². The second-order valence-corrected chi connectivity index (χ2v) is 22.9. The number of rotatable bonds is 4. The second-order valence-electron chi connectivity index (χ2n) is 12.8. The monoisotopic (exact) mass is 484 g/mol. The third-order valence-corrected chi connectivity index (χ3v) is 18.6. The summed E-state index contributed by atoms with van der Waals surface area (Å²) in [7, 11) is -3.66. The lowest BCUT2D eigenvalue weighted by molar-refractivity contribution is 0.0994. The van der Waals surface area contributed by atoms with Crippen LogP contribution < -0.4 is 9.92 Å². The van der Waals surface area contributed by atoms with Gasteiger partial charge in [0.1, 0.15) is 5.75 Å². The SMILES string of the molecule is CC(C)(C)[Si](C)(C)OCCC#Cc1c2c(c([Si](C)(C)C(C)(C)C)c3c1C(=O)CC3)OCCC2. The van der Waals surface area contributed by atoms with Gasteiger partial charge in [-0.2, -0.15) is 0 Å². The predicted molar refractivity (Wildman–Crippen MR) is 144 cm³/mol. The summed E-state index contributed by atoms with van der Waals surface area (Å²) in [4.78, 5) is 13.1. The van der Waals surface area contributed by atoms with Gasteiger partial charge in [-0.3, -0.25) is 4.79 Å². The van der Waals surface area contributed by atoms with Crippen molar-refractivity contribution >= 4 is 27.4 Å². The van der Waals surface area contributed by atoms with Crippen molar-refractivity contribution in [2.75, 3.05) is 13.2 Å².